The Morgan fingerprint density at radius 1 is 1.27 bits per heavy atom. The van der Waals surface area contributed by atoms with Crippen molar-refractivity contribution in [2.24, 2.45) is 0 Å². The monoisotopic (exact) mass is 244 g/mol. The summed E-state index contributed by atoms with van der Waals surface area (Å²) < 4.78 is 0. The molecule has 1 rings (SSSR count). The molecule has 0 saturated heterocycles. The predicted molar refractivity (Wildman–Crippen MR) is 68.2 cm³/mol. The Hall–Kier alpha value is -0.340. The van der Waals surface area contributed by atoms with E-state index in [1.165, 1.54) is 19.3 Å². The molecule has 0 fully saturated rings. The summed E-state index contributed by atoms with van der Waals surface area (Å²) in [5.41, 5.74) is 0.906. The molecule has 0 aliphatic carbocycles. The summed E-state index contributed by atoms with van der Waals surface area (Å²) in [5.74, 6) is 0.277. The van der Waals surface area contributed by atoms with Crippen LogP contribution >= 0.6 is 24.2 Å². The Kier molecular flexibility index (Phi) is 5.34. The number of hydrogen-bond donors (Lipinski definition) is 2. The number of unbranched alkanes of at least 4 members (excludes halogenated alkanes) is 3. The number of hydrogen-bond acceptors (Lipinski definition) is 2. The molecular formula is C12H17ClOS. The van der Waals surface area contributed by atoms with Crippen LogP contribution in [0, 0.1) is 0 Å². The van der Waals surface area contributed by atoms with Crippen molar-refractivity contribution < 1.29 is 5.11 Å². The average molecular weight is 245 g/mol. The Bertz CT molecular complexity index is 326. The number of halogens is 1. The highest BCUT2D eigenvalue weighted by Crippen LogP contribution is 2.30. The maximum absolute atomic E-state index is 9.74. The van der Waals surface area contributed by atoms with Gasteiger partial charge in [0.05, 0.1) is 0 Å². The number of rotatable bonds is 5. The number of phenols is 1. The molecule has 0 amide bonds. The average Bonchev–Trinajstić information content (AvgIpc) is 2.19. The largest absolute Gasteiger partial charge is 0.507 e. The zero-order valence-electron chi connectivity index (χ0n) is 8.96. The highest BCUT2D eigenvalue weighted by Gasteiger charge is 2.06. The maximum Gasteiger partial charge on any atom is 0.132 e. The van der Waals surface area contributed by atoms with Gasteiger partial charge in [-0.25, -0.2) is 0 Å². The fraction of sp³-hybridized carbons (Fsp3) is 0.500. The lowest BCUT2D eigenvalue weighted by molar-refractivity contribution is 0.453. The number of benzene rings is 1. The molecule has 84 valence electrons. The minimum Gasteiger partial charge on any atom is -0.507 e. The van der Waals surface area contributed by atoms with E-state index in [9.17, 15) is 5.11 Å². The first-order valence-electron chi connectivity index (χ1n) is 5.35. The van der Waals surface area contributed by atoms with E-state index < -0.39 is 0 Å². The van der Waals surface area contributed by atoms with E-state index in [1.807, 2.05) is 6.07 Å². The van der Waals surface area contributed by atoms with Crippen molar-refractivity contribution in [1.29, 1.82) is 0 Å². The lowest BCUT2D eigenvalue weighted by Crippen LogP contribution is -1.88. The molecule has 0 unspecified atom stereocenters. The number of thiol groups is 1. The first-order valence-corrected chi connectivity index (χ1v) is 6.18. The van der Waals surface area contributed by atoms with Crippen molar-refractivity contribution in [1.82, 2.24) is 0 Å². The third kappa shape index (κ3) is 3.96. The van der Waals surface area contributed by atoms with Crippen molar-refractivity contribution in [2.45, 2.75) is 43.9 Å². The van der Waals surface area contributed by atoms with Crippen molar-refractivity contribution in [3.63, 3.8) is 0 Å². The molecule has 0 aromatic heterocycles. The van der Waals surface area contributed by atoms with Gasteiger partial charge in [-0.15, -0.1) is 12.6 Å². The van der Waals surface area contributed by atoms with E-state index >= 15 is 0 Å². The Balaban J connectivity index is 2.60. The summed E-state index contributed by atoms with van der Waals surface area (Å²) >= 11 is 10.1. The summed E-state index contributed by atoms with van der Waals surface area (Å²) in [5, 5.41) is 10.4. The molecule has 0 aliphatic heterocycles. The molecule has 0 atom stereocenters. The number of aryl methyl sites for hydroxylation is 1. The highest BCUT2D eigenvalue weighted by atomic mass is 35.5. The summed E-state index contributed by atoms with van der Waals surface area (Å²) in [4.78, 5) is 0.563. The van der Waals surface area contributed by atoms with Crippen LogP contribution in [0.5, 0.6) is 5.75 Å². The van der Waals surface area contributed by atoms with Crippen LogP contribution < -0.4 is 0 Å². The standard InChI is InChI=1S/C12H17ClOS/c1-2-3-4-5-6-9-7-10(13)8-11(15)12(9)14/h7-8,14-15H,2-6H2,1H3. The van der Waals surface area contributed by atoms with Crippen molar-refractivity contribution in [3.8, 4) is 5.75 Å². The Morgan fingerprint density at radius 2 is 2.00 bits per heavy atom. The van der Waals surface area contributed by atoms with Crippen LogP contribution in [-0.4, -0.2) is 5.11 Å². The van der Waals surface area contributed by atoms with Crippen LogP contribution in [-0.2, 0) is 6.42 Å². The van der Waals surface area contributed by atoms with Gasteiger partial charge in [0.2, 0.25) is 0 Å². The second-order valence-electron chi connectivity index (χ2n) is 3.74. The van der Waals surface area contributed by atoms with E-state index in [2.05, 4.69) is 19.6 Å². The van der Waals surface area contributed by atoms with E-state index in [0.717, 1.165) is 18.4 Å². The van der Waals surface area contributed by atoms with Gasteiger partial charge < -0.3 is 5.11 Å². The Labute approximate surface area is 102 Å². The minimum absolute atomic E-state index is 0.277. The predicted octanol–water partition coefficient (Wildman–Crippen LogP) is 4.46. The van der Waals surface area contributed by atoms with Gasteiger partial charge in [-0.1, -0.05) is 37.8 Å². The zero-order valence-corrected chi connectivity index (χ0v) is 10.6. The quantitative estimate of drug-likeness (QED) is 0.579. The number of phenolic OH excluding ortho intramolecular Hbond substituents is 1. The maximum atomic E-state index is 9.74. The van der Waals surface area contributed by atoms with E-state index in [1.54, 1.807) is 6.07 Å². The molecule has 1 aromatic carbocycles. The normalized spacial score (nSPS) is 10.6. The van der Waals surface area contributed by atoms with Crippen molar-refractivity contribution >= 4 is 24.2 Å². The summed E-state index contributed by atoms with van der Waals surface area (Å²) in [6.45, 7) is 2.18. The smallest absolute Gasteiger partial charge is 0.132 e. The molecular weight excluding hydrogens is 228 g/mol. The van der Waals surface area contributed by atoms with Crippen molar-refractivity contribution in [3.05, 3.63) is 22.7 Å². The molecule has 15 heavy (non-hydrogen) atoms. The van der Waals surface area contributed by atoms with Gasteiger partial charge >= 0.3 is 0 Å². The van der Waals surface area contributed by atoms with Crippen LogP contribution in [0.15, 0.2) is 17.0 Å². The van der Waals surface area contributed by atoms with Crippen LogP contribution in [0.4, 0.5) is 0 Å². The van der Waals surface area contributed by atoms with Crippen LogP contribution in [0.1, 0.15) is 38.2 Å². The first-order chi connectivity index (χ1) is 7.15. The molecule has 1 aromatic rings. The van der Waals surface area contributed by atoms with Crippen molar-refractivity contribution in [2.75, 3.05) is 0 Å². The summed E-state index contributed by atoms with van der Waals surface area (Å²) in [6, 6.07) is 3.48. The molecule has 0 spiro atoms. The van der Waals surface area contributed by atoms with Gasteiger partial charge in [-0.3, -0.25) is 0 Å². The van der Waals surface area contributed by atoms with Gasteiger partial charge in [0.1, 0.15) is 5.75 Å². The lowest BCUT2D eigenvalue weighted by atomic mass is 10.1. The molecule has 0 aliphatic rings. The topological polar surface area (TPSA) is 20.2 Å². The molecule has 0 heterocycles. The van der Waals surface area contributed by atoms with Crippen LogP contribution in [0.2, 0.25) is 5.02 Å². The van der Waals surface area contributed by atoms with Gasteiger partial charge in [0.15, 0.2) is 0 Å². The van der Waals surface area contributed by atoms with E-state index in [-0.39, 0.29) is 5.75 Å². The van der Waals surface area contributed by atoms with Gasteiger partial charge in [-0.2, -0.15) is 0 Å². The van der Waals surface area contributed by atoms with Crippen LogP contribution in [0.3, 0.4) is 0 Å². The molecule has 0 bridgehead atoms. The van der Waals surface area contributed by atoms with E-state index in [4.69, 9.17) is 11.6 Å². The van der Waals surface area contributed by atoms with Crippen LogP contribution in [0.25, 0.3) is 0 Å². The lowest BCUT2D eigenvalue weighted by Gasteiger charge is -2.07. The minimum atomic E-state index is 0.277. The fourth-order valence-electron chi connectivity index (χ4n) is 1.57. The molecule has 1 N–H and O–H groups in total. The van der Waals surface area contributed by atoms with E-state index in [0.29, 0.717) is 9.92 Å². The second kappa shape index (κ2) is 6.29. The molecule has 0 saturated carbocycles. The summed E-state index contributed by atoms with van der Waals surface area (Å²) in [7, 11) is 0. The SMILES string of the molecule is CCCCCCc1cc(Cl)cc(S)c1O. The molecule has 1 nitrogen and oxygen atoms in total. The van der Waals surface area contributed by atoms with Gasteiger partial charge in [0.25, 0.3) is 0 Å². The first kappa shape index (κ1) is 12.7. The van der Waals surface area contributed by atoms with Gasteiger partial charge in [0, 0.05) is 9.92 Å². The Morgan fingerprint density at radius 3 is 2.67 bits per heavy atom. The fourth-order valence-corrected chi connectivity index (χ4v) is 2.17. The highest BCUT2D eigenvalue weighted by molar-refractivity contribution is 7.80. The third-order valence-corrected chi connectivity index (χ3v) is 2.99. The van der Waals surface area contributed by atoms with Gasteiger partial charge in [-0.05, 0) is 30.5 Å². The molecule has 0 radical (unpaired) electrons. The second-order valence-corrected chi connectivity index (χ2v) is 4.66. The third-order valence-electron chi connectivity index (χ3n) is 2.43. The molecule has 3 heteroatoms. The summed E-state index contributed by atoms with van der Waals surface area (Å²) in [6.07, 6.45) is 5.63. The number of aromatic hydroxyl groups is 1. The zero-order chi connectivity index (χ0) is 11.3.